The van der Waals surface area contributed by atoms with Gasteiger partial charge in [-0.15, -0.1) is 0 Å². The summed E-state index contributed by atoms with van der Waals surface area (Å²) in [6.45, 7) is 1.18. The van der Waals surface area contributed by atoms with Gasteiger partial charge in [0.05, 0.1) is 7.11 Å². The van der Waals surface area contributed by atoms with Crippen molar-refractivity contribution in [1.29, 1.82) is 0 Å². The molecule has 2 aromatic rings. The molecule has 9 heteroatoms. The summed E-state index contributed by atoms with van der Waals surface area (Å²) in [6, 6.07) is 13.3. The Labute approximate surface area is 159 Å². The summed E-state index contributed by atoms with van der Waals surface area (Å²) < 4.78 is 33.2. The van der Waals surface area contributed by atoms with E-state index >= 15 is 0 Å². The molecule has 0 spiro atoms. The third-order valence-electron chi connectivity index (χ3n) is 3.05. The fourth-order valence-electron chi connectivity index (χ4n) is 1.87. The molecule has 4 N–H and O–H groups in total. The smallest absolute Gasteiger partial charge is 0.330 e. The molecule has 0 saturated heterocycles. The molecule has 2 rings (SSSR count). The number of hydrogen-bond acceptors (Lipinski definition) is 5. The molecule has 0 unspecified atom stereocenters. The van der Waals surface area contributed by atoms with Crippen molar-refractivity contribution in [3.8, 4) is 5.75 Å². The molecule has 0 aromatic heterocycles. The Morgan fingerprint density at radius 2 is 1.70 bits per heavy atom. The first kappa shape index (κ1) is 22.2. The number of amides is 1. The second-order valence-electron chi connectivity index (χ2n) is 5.16. The number of phenolic OH excluding ortho intramolecular Hbond substituents is 1. The van der Waals surface area contributed by atoms with E-state index < -0.39 is 20.1 Å². The number of benzene rings is 2. The maximum absolute atomic E-state index is 11.1. The maximum atomic E-state index is 11.1. The Bertz CT molecular complexity index is 859. The van der Waals surface area contributed by atoms with Gasteiger partial charge in [0.25, 0.3) is 0 Å². The minimum absolute atomic E-state index is 0.225. The van der Waals surface area contributed by atoms with E-state index in [4.69, 9.17) is 8.19 Å². The van der Waals surface area contributed by atoms with Gasteiger partial charge in [-0.1, -0.05) is 30.3 Å². The van der Waals surface area contributed by atoms with Crippen LogP contribution in [0.4, 0.5) is 5.69 Å². The van der Waals surface area contributed by atoms with Gasteiger partial charge in [-0.2, -0.15) is 0 Å². The molecule has 0 aliphatic rings. The summed E-state index contributed by atoms with van der Waals surface area (Å²) in [7, 11) is 1.36. The van der Waals surface area contributed by atoms with E-state index in [2.05, 4.69) is 10.1 Å². The van der Waals surface area contributed by atoms with E-state index in [1.807, 2.05) is 30.3 Å². The van der Waals surface area contributed by atoms with E-state index in [0.29, 0.717) is 0 Å². The number of phenols is 1. The molecule has 0 fully saturated rings. The van der Waals surface area contributed by atoms with Gasteiger partial charge in [0.15, 0.2) is 0 Å². The molecule has 0 bridgehead atoms. The number of hydrogen-bond donors (Lipinski definition) is 4. The van der Waals surface area contributed by atoms with E-state index in [1.165, 1.54) is 38.3 Å². The van der Waals surface area contributed by atoms with Crippen LogP contribution in [0.2, 0.25) is 0 Å². The van der Waals surface area contributed by atoms with Crippen LogP contribution in [-0.2, 0) is 18.1 Å². The van der Waals surface area contributed by atoms with Crippen LogP contribution in [0.5, 0.6) is 5.75 Å². The Hall–Kier alpha value is -2.80. The van der Waals surface area contributed by atoms with Crippen molar-refractivity contribution >= 4 is 42.2 Å². The second kappa shape index (κ2) is 10.4. The number of rotatable bonds is 4. The van der Waals surface area contributed by atoms with Crippen molar-refractivity contribution in [1.82, 2.24) is 0 Å². The van der Waals surface area contributed by atoms with Gasteiger partial charge in [-0.25, -0.2) is 4.79 Å². The van der Waals surface area contributed by atoms with Crippen LogP contribution in [0.1, 0.15) is 12.5 Å². The van der Waals surface area contributed by atoms with Crippen LogP contribution < -0.4 is 9.67 Å². The molecule has 27 heavy (non-hydrogen) atoms. The predicted octanol–water partition coefficient (Wildman–Crippen LogP) is 0.784. The SMILES string of the molecule is CC(=O)Nc1c(O)cccc1[As](=O)(O)O.COC(=O)C=Cc1ccccc1. The Morgan fingerprint density at radius 3 is 2.22 bits per heavy atom. The number of carbonyl (C=O) groups excluding carboxylic acids is 2. The summed E-state index contributed by atoms with van der Waals surface area (Å²) in [5, 5.41) is 11.5. The number of methoxy groups -OCH3 is 1. The molecule has 0 aliphatic heterocycles. The quantitative estimate of drug-likeness (QED) is 0.241. The van der Waals surface area contributed by atoms with Crippen molar-refractivity contribution in [2.45, 2.75) is 6.92 Å². The largest absolute Gasteiger partial charge is 0.466 e. The molecule has 0 saturated carbocycles. The Morgan fingerprint density at radius 1 is 1.07 bits per heavy atom. The summed E-state index contributed by atoms with van der Waals surface area (Å²) >= 11 is -5.14. The monoisotopic (exact) mass is 437 g/mol. The minimum Gasteiger partial charge on any atom is -0.466 e. The number of carbonyl (C=O) groups is 2. The first-order chi connectivity index (χ1) is 12.6. The molecule has 0 aliphatic carbocycles. The van der Waals surface area contributed by atoms with Crippen LogP contribution in [-0.4, -0.2) is 46.5 Å². The molecule has 0 atom stereocenters. The molecular formula is C18H20AsNO7. The normalized spacial score (nSPS) is 10.7. The molecule has 1 amide bonds. The number of esters is 1. The molecule has 144 valence electrons. The van der Waals surface area contributed by atoms with Crippen LogP contribution in [0.25, 0.3) is 6.08 Å². The number of aromatic hydroxyl groups is 1. The Balaban J connectivity index is 0.000000277. The first-order valence-corrected chi connectivity index (χ1v) is 11.0. The molecule has 2 aromatic carbocycles. The van der Waals surface area contributed by atoms with Crippen molar-refractivity contribution in [3.63, 3.8) is 0 Å². The average molecular weight is 437 g/mol. The van der Waals surface area contributed by atoms with E-state index in [-0.39, 0.29) is 21.8 Å². The third-order valence-corrected chi connectivity index (χ3v) is 5.15. The summed E-state index contributed by atoms with van der Waals surface area (Å²) in [5.74, 6) is -1.21. The van der Waals surface area contributed by atoms with Crippen molar-refractivity contribution in [2.24, 2.45) is 0 Å². The van der Waals surface area contributed by atoms with Gasteiger partial charge in [0.1, 0.15) is 0 Å². The maximum Gasteiger partial charge on any atom is 0.330 e. The fraction of sp³-hybridized carbons (Fsp3) is 0.111. The third kappa shape index (κ3) is 7.96. The van der Waals surface area contributed by atoms with Gasteiger partial charge < -0.3 is 4.74 Å². The summed E-state index contributed by atoms with van der Waals surface area (Å²) in [4.78, 5) is 21.5. The number of nitrogens with one attached hydrogen (secondary N) is 1. The molecule has 0 radical (unpaired) electrons. The zero-order chi connectivity index (χ0) is 20.4. The summed E-state index contributed by atoms with van der Waals surface area (Å²) in [6.07, 6.45) is 3.11. The van der Waals surface area contributed by atoms with Gasteiger partial charge >= 0.3 is 94.1 Å². The number of ether oxygens (including phenoxy) is 1. The van der Waals surface area contributed by atoms with E-state index in [0.717, 1.165) is 5.56 Å². The standard InChI is InChI=1S/C10H10O2.C8H10AsNO5/c1-12-10(11)8-7-9-5-3-2-4-6-9;1-5(11)10-8-6(9(13,14)15)3-2-4-7(8)12/h2-8H,1H3;2-4,12H,1H3,(H,10,11)(H2,13,14,15). The van der Waals surface area contributed by atoms with Gasteiger partial charge in [-0.05, 0) is 11.6 Å². The van der Waals surface area contributed by atoms with Gasteiger partial charge in [0, 0.05) is 6.08 Å². The second-order valence-corrected chi connectivity index (χ2v) is 8.46. The Kier molecular flexibility index (Phi) is 8.54. The zero-order valence-electron chi connectivity index (χ0n) is 14.7. The topological polar surface area (TPSA) is 133 Å². The zero-order valence-corrected chi connectivity index (χ0v) is 16.6. The first-order valence-electron chi connectivity index (χ1n) is 7.62. The van der Waals surface area contributed by atoms with Crippen LogP contribution in [0.3, 0.4) is 0 Å². The van der Waals surface area contributed by atoms with E-state index in [1.54, 1.807) is 6.08 Å². The van der Waals surface area contributed by atoms with Crippen LogP contribution >= 0.6 is 0 Å². The summed E-state index contributed by atoms with van der Waals surface area (Å²) in [5.41, 5.74) is 0.764. The average Bonchev–Trinajstić information content (AvgIpc) is 2.61. The number of anilines is 1. The van der Waals surface area contributed by atoms with Gasteiger partial charge in [0.2, 0.25) is 0 Å². The van der Waals surface area contributed by atoms with Gasteiger partial charge in [-0.3, -0.25) is 0 Å². The van der Waals surface area contributed by atoms with Crippen LogP contribution in [0.15, 0.2) is 54.6 Å². The van der Waals surface area contributed by atoms with E-state index in [9.17, 15) is 18.4 Å². The fourth-order valence-corrected chi connectivity index (χ4v) is 3.43. The van der Waals surface area contributed by atoms with Crippen LogP contribution in [0, 0.1) is 0 Å². The minimum atomic E-state index is -5.14. The predicted molar refractivity (Wildman–Crippen MR) is 100 cm³/mol. The molecular weight excluding hydrogens is 417 g/mol. The van der Waals surface area contributed by atoms with Crippen molar-refractivity contribution in [2.75, 3.05) is 12.4 Å². The van der Waals surface area contributed by atoms with Crippen molar-refractivity contribution < 1.29 is 31.4 Å². The molecule has 0 heterocycles. The molecule has 8 nitrogen and oxygen atoms in total. The van der Waals surface area contributed by atoms with Crippen molar-refractivity contribution in [3.05, 3.63) is 60.2 Å². The number of para-hydroxylation sites is 1.